The van der Waals surface area contributed by atoms with E-state index in [9.17, 15) is 34.6 Å². The first kappa shape index (κ1) is 33.6. The second-order valence-electron chi connectivity index (χ2n) is 10.6. The van der Waals surface area contributed by atoms with Crippen molar-refractivity contribution in [2.24, 2.45) is 5.16 Å². The Kier molecular flexibility index (Phi) is 9.35. The Hall–Kier alpha value is -5.34. The molecule has 0 unspecified atom stereocenters. The van der Waals surface area contributed by atoms with E-state index in [2.05, 4.69) is 20.6 Å². The molecule has 4 aromatic rings. The molecule has 0 saturated carbocycles. The molecule has 2 aliphatic heterocycles. The summed E-state index contributed by atoms with van der Waals surface area (Å²) in [6.45, 7) is 2.41. The molecule has 49 heavy (non-hydrogen) atoms. The first-order chi connectivity index (χ1) is 23.5. The third-order valence-corrected chi connectivity index (χ3v) is 10.2. The van der Waals surface area contributed by atoms with E-state index < -0.39 is 45.6 Å². The summed E-state index contributed by atoms with van der Waals surface area (Å²) in [5, 5.41) is 40.3. The number of pyridine rings is 2. The number of rotatable bonds is 11. The Labute approximate surface area is 289 Å². The summed E-state index contributed by atoms with van der Waals surface area (Å²) in [5.41, 5.74) is 5.81. The number of aryl methyl sites for hydroxylation is 1. The van der Waals surface area contributed by atoms with E-state index in [0.717, 1.165) is 40.6 Å². The van der Waals surface area contributed by atoms with E-state index in [4.69, 9.17) is 27.7 Å². The molecule has 0 bridgehead atoms. The van der Waals surface area contributed by atoms with Crippen molar-refractivity contribution < 1.29 is 43.7 Å². The number of nitrogens with zero attached hydrogens (tertiary/aromatic N) is 6. The normalized spacial score (nSPS) is 18.1. The number of aliphatic carboxylic acids is 1. The Morgan fingerprint density at radius 1 is 1.31 bits per heavy atom. The van der Waals surface area contributed by atoms with Gasteiger partial charge in [-0.05, 0) is 18.1 Å². The van der Waals surface area contributed by atoms with Crippen LogP contribution in [0.5, 0.6) is 5.75 Å². The second kappa shape index (κ2) is 13.6. The van der Waals surface area contributed by atoms with Gasteiger partial charge in [0.05, 0.1) is 11.4 Å². The molecule has 0 radical (unpaired) electrons. The predicted molar refractivity (Wildman–Crippen MR) is 177 cm³/mol. The van der Waals surface area contributed by atoms with Crippen molar-refractivity contribution in [1.29, 1.82) is 0 Å². The lowest BCUT2D eigenvalue weighted by molar-refractivity contribution is -0.693. The molecule has 0 aromatic carbocycles. The molecule has 1 fully saturated rings. The fourth-order valence-electron chi connectivity index (χ4n) is 5.09. The van der Waals surface area contributed by atoms with Crippen molar-refractivity contribution in [2.45, 2.75) is 36.7 Å². The maximum Gasteiger partial charge on any atom is 0.352 e. The maximum absolute atomic E-state index is 13.5. The van der Waals surface area contributed by atoms with Crippen molar-refractivity contribution in [1.82, 2.24) is 25.1 Å². The van der Waals surface area contributed by atoms with Crippen LogP contribution in [0.1, 0.15) is 29.2 Å². The second-order valence-corrected chi connectivity index (χ2v) is 13.1. The van der Waals surface area contributed by atoms with E-state index in [1.165, 1.54) is 23.2 Å². The zero-order valence-electron chi connectivity index (χ0n) is 25.3. The number of hydrogen-bond donors (Lipinski definition) is 6. The van der Waals surface area contributed by atoms with Gasteiger partial charge in [-0.2, -0.15) is 17.4 Å². The molecule has 254 valence electrons. The highest BCUT2D eigenvalue weighted by molar-refractivity contribution is 8.00. The largest absolute Gasteiger partial charge is 0.503 e. The number of amides is 2. The number of aromatic hydroxyl groups is 1. The number of nitrogens with one attached hydrogen (secondary N) is 1. The molecule has 6 rings (SSSR count). The van der Waals surface area contributed by atoms with Gasteiger partial charge >= 0.3 is 5.97 Å². The Morgan fingerprint density at radius 2 is 2.06 bits per heavy atom. The number of carboxylic acid groups (broad SMARTS) is 1. The number of carboxylic acids is 1. The number of fused-ring (bicyclic) bond motifs is 1. The Balaban J connectivity index is 1.18. The van der Waals surface area contributed by atoms with Crippen molar-refractivity contribution >= 4 is 64.4 Å². The van der Waals surface area contributed by atoms with Gasteiger partial charge in [-0.1, -0.05) is 10.3 Å². The van der Waals surface area contributed by atoms with E-state index in [-0.39, 0.29) is 51.7 Å². The average Bonchev–Trinajstić information content (AvgIpc) is 3.74. The third kappa shape index (κ3) is 6.56. The number of thioether (sulfide) groups is 1. The van der Waals surface area contributed by atoms with Crippen molar-refractivity contribution in [3.8, 4) is 17.1 Å². The Morgan fingerprint density at radius 3 is 2.73 bits per heavy atom. The van der Waals surface area contributed by atoms with Gasteiger partial charge in [0.15, 0.2) is 41.4 Å². The number of nitrogen functional groups attached to an aromatic ring is 1. The zero-order valence-corrected chi connectivity index (χ0v) is 27.8. The van der Waals surface area contributed by atoms with Crippen LogP contribution in [-0.4, -0.2) is 75.9 Å². The number of carbonyl (C=O) groups excluding carboxylic acids is 2. The van der Waals surface area contributed by atoms with Crippen LogP contribution in [0.15, 0.2) is 74.0 Å². The highest BCUT2D eigenvalue weighted by atomic mass is 32.2. The topological polar surface area (TPSA) is 240 Å². The van der Waals surface area contributed by atoms with Crippen molar-refractivity contribution in [3.63, 3.8) is 0 Å². The van der Waals surface area contributed by atoms with E-state index >= 15 is 0 Å². The van der Waals surface area contributed by atoms with Gasteiger partial charge in [0.1, 0.15) is 40.7 Å². The number of oxime groups is 1. The zero-order chi connectivity index (χ0) is 35.0. The molecule has 0 aliphatic carbocycles. The van der Waals surface area contributed by atoms with E-state index in [1.54, 1.807) is 0 Å². The summed E-state index contributed by atoms with van der Waals surface area (Å²) < 4.78 is 7.63. The summed E-state index contributed by atoms with van der Waals surface area (Å²) >= 11 is 7.04. The minimum atomic E-state index is -1.28. The van der Waals surface area contributed by atoms with Crippen LogP contribution >= 0.6 is 35.7 Å². The van der Waals surface area contributed by atoms with Crippen LogP contribution in [0.2, 0.25) is 0 Å². The smallest absolute Gasteiger partial charge is 0.352 e. The van der Waals surface area contributed by atoms with Crippen LogP contribution in [0.25, 0.3) is 11.4 Å². The molecule has 2 aliphatic rings. The van der Waals surface area contributed by atoms with Crippen molar-refractivity contribution in [2.75, 3.05) is 11.5 Å². The molecular formula is C29H27N8O9S3+. The SMILES string of the molecule is CC[n+]1ccc([C@@H](S)C2=C(C(=O)O)N3C(=O)[C@@H](NC(=O)/C(=N\OCc4cc(-c5cc(=O)c(O)cn5O)no4)c4csc(N)n4)[C@H]3SC2)cc1. The molecule has 0 spiro atoms. The van der Waals surface area contributed by atoms with Gasteiger partial charge in [0.2, 0.25) is 5.43 Å². The summed E-state index contributed by atoms with van der Waals surface area (Å²) in [5.74, 6) is -3.06. The molecule has 3 atom stereocenters. The van der Waals surface area contributed by atoms with E-state index in [1.807, 2.05) is 36.0 Å². The minimum Gasteiger partial charge on any atom is -0.503 e. The highest BCUT2D eigenvalue weighted by Gasteiger charge is 2.55. The molecule has 6 N–H and O–H groups in total. The first-order valence-corrected chi connectivity index (χ1v) is 16.8. The lowest BCUT2D eigenvalue weighted by Gasteiger charge is -2.50. The number of β-lactam (4-membered cyclic amide) rings is 1. The number of hydrogen-bond acceptors (Lipinski definition) is 15. The van der Waals surface area contributed by atoms with Crippen molar-refractivity contribution in [3.05, 3.63) is 86.7 Å². The molecular weight excluding hydrogens is 701 g/mol. The van der Waals surface area contributed by atoms with Crippen LogP contribution in [-0.2, 0) is 32.4 Å². The monoisotopic (exact) mass is 727 g/mol. The fourth-order valence-corrected chi connectivity index (χ4v) is 7.54. The van der Waals surface area contributed by atoms with E-state index in [0.29, 0.717) is 10.3 Å². The Bertz CT molecular complexity index is 2070. The highest BCUT2D eigenvalue weighted by Crippen LogP contribution is 2.45. The number of nitrogens with two attached hydrogens (primary N) is 1. The lowest BCUT2D eigenvalue weighted by atomic mass is 9.98. The summed E-state index contributed by atoms with van der Waals surface area (Å²) in [6.07, 6.45) is 4.54. The number of carbonyl (C=O) groups is 3. The first-order valence-electron chi connectivity index (χ1n) is 14.4. The van der Waals surface area contributed by atoms with Crippen LogP contribution in [0.4, 0.5) is 5.13 Å². The maximum atomic E-state index is 13.5. The quantitative estimate of drug-likeness (QED) is 0.0318. The van der Waals surface area contributed by atoms with Crippen LogP contribution in [0.3, 0.4) is 0 Å². The molecule has 17 nitrogen and oxygen atoms in total. The van der Waals surface area contributed by atoms with Crippen LogP contribution in [0, 0.1) is 0 Å². The summed E-state index contributed by atoms with van der Waals surface area (Å²) in [4.78, 5) is 61.7. The molecule has 4 aromatic heterocycles. The van der Waals surface area contributed by atoms with Gasteiger partial charge < -0.3 is 35.8 Å². The summed E-state index contributed by atoms with van der Waals surface area (Å²) in [6, 6.07) is 4.92. The van der Waals surface area contributed by atoms with Gasteiger partial charge in [-0.15, -0.1) is 23.1 Å². The average molecular weight is 728 g/mol. The van der Waals surface area contributed by atoms with Gasteiger partial charge in [0.25, 0.3) is 11.8 Å². The molecule has 1 saturated heterocycles. The van der Waals surface area contributed by atoms with Crippen LogP contribution < -0.4 is 21.0 Å². The van der Waals surface area contributed by atoms with Gasteiger partial charge in [0, 0.05) is 35.4 Å². The number of aromatic nitrogens is 4. The third-order valence-electron chi connectivity index (χ3n) is 7.59. The number of anilines is 1. The van der Waals surface area contributed by atoms with Gasteiger partial charge in [-0.3, -0.25) is 19.3 Å². The number of thiol groups is 1. The lowest BCUT2D eigenvalue weighted by Crippen LogP contribution is -2.71. The van der Waals surface area contributed by atoms with Gasteiger partial charge in [-0.25, -0.2) is 14.3 Å². The fraction of sp³-hybridized carbons (Fsp3) is 0.241. The molecule has 20 heteroatoms. The molecule has 2 amide bonds. The minimum absolute atomic E-state index is 0.0426. The standard InChI is InChI=1S/C29H26N8O9S3/c1-2-35-5-3-13(4-6-35)24(47)15-11-48-27-22(26(41)37(27)23(15)28(42)43)32-25(40)21(17-12-49-29(30)31-17)34-45-10-14-7-16(33-46-14)18-8-19(38)20(39)9-36(18)44/h3-9,12,22,24,27,44H,2,10-11H2,1H3,(H5-,30,31,32,39,40,42,43,47)/p+1/b34-21-/t22-,24-,27-/m1/s1. The molecule has 6 heterocycles. The number of thiazole rings is 1. The summed E-state index contributed by atoms with van der Waals surface area (Å²) in [7, 11) is 0. The predicted octanol–water partition coefficient (Wildman–Crippen LogP) is 1.12.